The van der Waals surface area contributed by atoms with Gasteiger partial charge in [-0.1, -0.05) is 53.7 Å². The van der Waals surface area contributed by atoms with E-state index in [1.165, 1.54) is 23.4 Å². The molecular formula is C20H19F3N2OS. The lowest BCUT2D eigenvalue weighted by atomic mass is 10.1. The van der Waals surface area contributed by atoms with Crippen molar-refractivity contribution in [3.63, 3.8) is 0 Å². The summed E-state index contributed by atoms with van der Waals surface area (Å²) >= 11 is 1.49. The first-order chi connectivity index (χ1) is 12.9. The van der Waals surface area contributed by atoms with Crippen LogP contribution in [-0.4, -0.2) is 14.7 Å². The standard InChI is InChI=1S/C20H19F3N2OS/c1-14-5-7-15(8-6-14)13-27-19-24-10-18(12-26)25(19)11-16-3-2-4-17(9-16)20(21,22)23/h2-10,26H,11-13H2,1H3. The van der Waals surface area contributed by atoms with Gasteiger partial charge in [-0.05, 0) is 30.2 Å². The van der Waals surface area contributed by atoms with Gasteiger partial charge in [0.25, 0.3) is 0 Å². The lowest BCUT2D eigenvalue weighted by Gasteiger charge is -2.13. The molecule has 0 spiro atoms. The Kier molecular flexibility index (Phi) is 5.92. The number of aliphatic hydroxyl groups is 1. The number of rotatable bonds is 6. The van der Waals surface area contributed by atoms with Gasteiger partial charge in [0.05, 0.1) is 24.1 Å². The molecule has 27 heavy (non-hydrogen) atoms. The van der Waals surface area contributed by atoms with Gasteiger partial charge in [0.15, 0.2) is 5.16 Å². The minimum absolute atomic E-state index is 0.218. The summed E-state index contributed by atoms with van der Waals surface area (Å²) in [6.07, 6.45) is -2.82. The molecule has 3 rings (SSSR count). The van der Waals surface area contributed by atoms with Crippen molar-refractivity contribution < 1.29 is 18.3 Å². The summed E-state index contributed by atoms with van der Waals surface area (Å²) in [4.78, 5) is 4.33. The third-order valence-electron chi connectivity index (χ3n) is 4.15. The summed E-state index contributed by atoms with van der Waals surface area (Å²) in [5.41, 5.74) is 2.70. The summed E-state index contributed by atoms with van der Waals surface area (Å²) in [6.45, 7) is 2.01. The third-order valence-corrected chi connectivity index (χ3v) is 5.21. The molecule has 0 fully saturated rings. The van der Waals surface area contributed by atoms with E-state index in [4.69, 9.17) is 0 Å². The Bertz CT molecular complexity index is 904. The van der Waals surface area contributed by atoms with E-state index in [1.54, 1.807) is 16.8 Å². The van der Waals surface area contributed by atoms with E-state index in [-0.39, 0.29) is 13.2 Å². The van der Waals surface area contributed by atoms with Crippen LogP contribution in [0.15, 0.2) is 59.9 Å². The molecule has 7 heteroatoms. The fraction of sp³-hybridized carbons (Fsp3) is 0.250. The summed E-state index contributed by atoms with van der Waals surface area (Å²) in [5, 5.41) is 10.2. The molecule has 0 saturated carbocycles. The molecule has 142 valence electrons. The molecule has 0 atom stereocenters. The van der Waals surface area contributed by atoms with E-state index in [1.807, 2.05) is 31.2 Å². The SMILES string of the molecule is Cc1ccc(CSc2ncc(CO)n2Cc2cccc(C(F)(F)F)c2)cc1. The molecule has 0 aliphatic heterocycles. The number of aliphatic hydroxyl groups excluding tert-OH is 1. The summed E-state index contributed by atoms with van der Waals surface area (Å²) in [6, 6.07) is 13.4. The highest BCUT2D eigenvalue weighted by Gasteiger charge is 2.30. The fourth-order valence-corrected chi connectivity index (χ4v) is 3.62. The minimum Gasteiger partial charge on any atom is -0.390 e. The molecule has 0 aliphatic rings. The first-order valence-electron chi connectivity index (χ1n) is 8.36. The molecule has 1 heterocycles. The van der Waals surface area contributed by atoms with E-state index in [0.717, 1.165) is 17.7 Å². The molecule has 0 aliphatic carbocycles. The molecule has 0 unspecified atom stereocenters. The fourth-order valence-electron chi connectivity index (χ4n) is 2.66. The van der Waals surface area contributed by atoms with Gasteiger partial charge in [-0.15, -0.1) is 0 Å². The molecule has 2 aromatic carbocycles. The second-order valence-electron chi connectivity index (χ2n) is 6.25. The number of nitrogens with zero attached hydrogens (tertiary/aromatic N) is 2. The quantitative estimate of drug-likeness (QED) is 0.597. The van der Waals surface area contributed by atoms with Crippen LogP contribution in [0.5, 0.6) is 0 Å². The van der Waals surface area contributed by atoms with Crippen molar-refractivity contribution >= 4 is 11.8 Å². The van der Waals surface area contributed by atoms with E-state index >= 15 is 0 Å². The molecule has 0 amide bonds. The van der Waals surface area contributed by atoms with Gasteiger partial charge >= 0.3 is 6.18 Å². The van der Waals surface area contributed by atoms with E-state index in [9.17, 15) is 18.3 Å². The van der Waals surface area contributed by atoms with Crippen molar-refractivity contribution in [2.45, 2.75) is 37.2 Å². The summed E-state index contributed by atoms with van der Waals surface area (Å²) in [5.74, 6) is 0.685. The minimum atomic E-state index is -4.38. The van der Waals surface area contributed by atoms with E-state index in [0.29, 0.717) is 22.2 Å². The van der Waals surface area contributed by atoms with Crippen molar-refractivity contribution in [2.75, 3.05) is 0 Å². The number of hydrogen-bond acceptors (Lipinski definition) is 3. The Labute approximate surface area is 159 Å². The van der Waals surface area contributed by atoms with Gasteiger partial charge in [-0.2, -0.15) is 13.2 Å². The zero-order chi connectivity index (χ0) is 19.4. The van der Waals surface area contributed by atoms with Crippen LogP contribution in [-0.2, 0) is 25.1 Å². The number of hydrogen-bond donors (Lipinski definition) is 1. The van der Waals surface area contributed by atoms with Gasteiger partial charge in [0.2, 0.25) is 0 Å². The van der Waals surface area contributed by atoms with E-state index in [2.05, 4.69) is 4.98 Å². The normalized spacial score (nSPS) is 11.7. The maximum atomic E-state index is 12.9. The molecule has 0 bridgehead atoms. The highest BCUT2D eigenvalue weighted by molar-refractivity contribution is 7.98. The molecule has 3 aromatic rings. The number of aryl methyl sites for hydroxylation is 1. The first-order valence-corrected chi connectivity index (χ1v) is 9.35. The first kappa shape index (κ1) is 19.5. The van der Waals surface area contributed by atoms with Gasteiger partial charge in [-0.25, -0.2) is 4.98 Å². The van der Waals surface area contributed by atoms with Crippen molar-refractivity contribution in [3.05, 3.63) is 82.7 Å². The van der Waals surface area contributed by atoms with Crippen molar-refractivity contribution in [1.82, 2.24) is 9.55 Å². The van der Waals surface area contributed by atoms with Crippen LogP contribution in [0.2, 0.25) is 0 Å². The van der Waals surface area contributed by atoms with Gasteiger partial charge in [0, 0.05) is 12.3 Å². The number of imidazole rings is 1. The van der Waals surface area contributed by atoms with Crippen LogP contribution in [0.3, 0.4) is 0 Å². The average Bonchev–Trinajstić information content (AvgIpc) is 3.02. The Morgan fingerprint density at radius 2 is 1.81 bits per heavy atom. The number of thioether (sulfide) groups is 1. The smallest absolute Gasteiger partial charge is 0.390 e. The topological polar surface area (TPSA) is 38.1 Å². The van der Waals surface area contributed by atoms with Crippen LogP contribution in [0.1, 0.15) is 27.9 Å². The highest BCUT2D eigenvalue weighted by atomic mass is 32.2. The van der Waals surface area contributed by atoms with Crippen molar-refractivity contribution in [2.24, 2.45) is 0 Å². The number of benzene rings is 2. The maximum absolute atomic E-state index is 12.9. The molecule has 1 aromatic heterocycles. The molecule has 3 nitrogen and oxygen atoms in total. The third kappa shape index (κ3) is 4.93. The Balaban J connectivity index is 1.80. The van der Waals surface area contributed by atoms with Crippen molar-refractivity contribution in [1.29, 1.82) is 0 Å². The number of aromatic nitrogens is 2. The van der Waals surface area contributed by atoms with Crippen molar-refractivity contribution in [3.8, 4) is 0 Å². The lowest BCUT2D eigenvalue weighted by molar-refractivity contribution is -0.137. The molecule has 0 radical (unpaired) electrons. The predicted octanol–water partition coefficient (Wildman–Crippen LogP) is 5.04. The van der Waals surface area contributed by atoms with Gasteiger partial charge in [-0.3, -0.25) is 0 Å². The van der Waals surface area contributed by atoms with Crippen LogP contribution >= 0.6 is 11.8 Å². The summed E-state index contributed by atoms with van der Waals surface area (Å²) < 4.78 is 40.6. The largest absolute Gasteiger partial charge is 0.416 e. The Morgan fingerprint density at radius 3 is 2.48 bits per heavy atom. The molecule has 1 N–H and O–H groups in total. The Morgan fingerprint density at radius 1 is 1.07 bits per heavy atom. The zero-order valence-corrected chi connectivity index (χ0v) is 15.5. The average molecular weight is 392 g/mol. The van der Waals surface area contributed by atoms with Crippen LogP contribution < -0.4 is 0 Å². The van der Waals surface area contributed by atoms with Crippen LogP contribution in [0.25, 0.3) is 0 Å². The maximum Gasteiger partial charge on any atom is 0.416 e. The summed E-state index contributed by atoms with van der Waals surface area (Å²) in [7, 11) is 0. The van der Waals surface area contributed by atoms with Gasteiger partial charge < -0.3 is 9.67 Å². The molecule has 0 saturated heterocycles. The predicted molar refractivity (Wildman–Crippen MR) is 99.4 cm³/mol. The number of halogens is 3. The Hall–Kier alpha value is -2.25. The van der Waals surface area contributed by atoms with Gasteiger partial charge in [0.1, 0.15) is 0 Å². The van der Waals surface area contributed by atoms with Crippen LogP contribution in [0, 0.1) is 6.92 Å². The van der Waals surface area contributed by atoms with Crippen LogP contribution in [0.4, 0.5) is 13.2 Å². The monoisotopic (exact) mass is 392 g/mol. The second-order valence-corrected chi connectivity index (χ2v) is 7.19. The lowest BCUT2D eigenvalue weighted by Crippen LogP contribution is -2.09. The van der Waals surface area contributed by atoms with E-state index < -0.39 is 11.7 Å². The second kappa shape index (κ2) is 8.19. The number of alkyl halides is 3. The molecular weight excluding hydrogens is 373 g/mol. The highest BCUT2D eigenvalue weighted by Crippen LogP contribution is 2.30. The zero-order valence-electron chi connectivity index (χ0n) is 14.7.